The van der Waals surface area contributed by atoms with Gasteiger partial charge in [-0.25, -0.2) is 4.98 Å². The van der Waals surface area contributed by atoms with Crippen LogP contribution in [0, 0.1) is 11.3 Å². The molecule has 34 heavy (non-hydrogen) atoms. The predicted molar refractivity (Wildman–Crippen MR) is 125 cm³/mol. The van der Waals surface area contributed by atoms with E-state index >= 15 is 0 Å². The lowest BCUT2D eigenvalue weighted by Gasteiger charge is -2.47. The van der Waals surface area contributed by atoms with Crippen LogP contribution in [0.1, 0.15) is 43.6 Å². The van der Waals surface area contributed by atoms with Gasteiger partial charge in [-0.05, 0) is 50.6 Å². The molecule has 6 nitrogen and oxygen atoms in total. The van der Waals surface area contributed by atoms with Gasteiger partial charge >= 0.3 is 6.18 Å². The van der Waals surface area contributed by atoms with Crippen molar-refractivity contribution in [3.63, 3.8) is 0 Å². The van der Waals surface area contributed by atoms with Crippen LogP contribution in [0.4, 0.5) is 18.9 Å². The maximum absolute atomic E-state index is 12.9. The number of hydrogen-bond donors (Lipinski definition) is 0. The SMILES string of the molecule is CC(c1ccc(C(F)(F)F)cc1)N1C[C@@H](C)N(c2cc(=O)n(C)c3ccc(C#N)nc23)C[C@@H]1C. The van der Waals surface area contributed by atoms with Crippen molar-refractivity contribution < 1.29 is 13.2 Å². The highest BCUT2D eigenvalue weighted by Gasteiger charge is 2.34. The third-order valence-electron chi connectivity index (χ3n) is 6.74. The molecule has 1 aliphatic rings. The Bertz CT molecular complexity index is 1310. The molecule has 0 amide bonds. The number of aromatic nitrogens is 2. The fourth-order valence-corrected chi connectivity index (χ4v) is 4.76. The van der Waals surface area contributed by atoms with Crippen molar-refractivity contribution in [3.8, 4) is 6.07 Å². The Kier molecular flexibility index (Phi) is 6.13. The molecule has 1 aromatic carbocycles. The number of hydrogen-bond acceptors (Lipinski definition) is 5. The molecule has 0 spiro atoms. The maximum atomic E-state index is 12.9. The average molecular weight is 470 g/mol. The Morgan fingerprint density at radius 1 is 1.09 bits per heavy atom. The van der Waals surface area contributed by atoms with E-state index in [9.17, 15) is 23.2 Å². The van der Waals surface area contributed by atoms with Gasteiger partial charge in [-0.1, -0.05) is 12.1 Å². The number of piperazine rings is 1. The van der Waals surface area contributed by atoms with E-state index in [2.05, 4.69) is 34.7 Å². The third kappa shape index (κ3) is 4.26. The van der Waals surface area contributed by atoms with Crippen molar-refractivity contribution in [2.24, 2.45) is 7.05 Å². The van der Waals surface area contributed by atoms with Gasteiger partial charge in [0.1, 0.15) is 17.3 Å². The zero-order chi connectivity index (χ0) is 24.8. The molecule has 0 saturated carbocycles. The van der Waals surface area contributed by atoms with Gasteiger partial charge in [0.05, 0.1) is 16.8 Å². The lowest BCUT2D eigenvalue weighted by Crippen LogP contribution is -2.57. The highest BCUT2D eigenvalue weighted by atomic mass is 19.4. The number of alkyl halides is 3. The summed E-state index contributed by atoms with van der Waals surface area (Å²) in [7, 11) is 1.68. The summed E-state index contributed by atoms with van der Waals surface area (Å²) in [6.45, 7) is 7.37. The highest BCUT2D eigenvalue weighted by Crippen LogP contribution is 2.34. The Balaban J connectivity index is 1.64. The van der Waals surface area contributed by atoms with E-state index in [1.807, 2.05) is 6.92 Å². The van der Waals surface area contributed by atoms with E-state index in [0.29, 0.717) is 29.8 Å². The molecule has 0 radical (unpaired) electrons. The molecule has 2 aromatic heterocycles. The van der Waals surface area contributed by atoms with E-state index in [1.165, 1.54) is 4.57 Å². The van der Waals surface area contributed by atoms with Crippen molar-refractivity contribution in [1.82, 2.24) is 14.5 Å². The van der Waals surface area contributed by atoms with Gasteiger partial charge in [0.15, 0.2) is 0 Å². The van der Waals surface area contributed by atoms with Crippen LogP contribution in [0.3, 0.4) is 0 Å². The zero-order valence-corrected chi connectivity index (χ0v) is 19.5. The smallest absolute Gasteiger partial charge is 0.364 e. The molecule has 0 N–H and O–H groups in total. The molecule has 4 rings (SSSR count). The molecule has 1 fully saturated rings. The van der Waals surface area contributed by atoms with E-state index < -0.39 is 11.7 Å². The molecule has 0 bridgehead atoms. The molecule has 178 valence electrons. The zero-order valence-electron chi connectivity index (χ0n) is 19.5. The predicted octanol–water partition coefficient (Wildman–Crippen LogP) is 4.48. The number of benzene rings is 1. The number of fused-ring (bicyclic) bond motifs is 1. The molecule has 1 unspecified atom stereocenters. The summed E-state index contributed by atoms with van der Waals surface area (Å²) in [5.41, 5.74) is 2.23. The number of nitrogens with zero attached hydrogens (tertiary/aromatic N) is 5. The number of nitriles is 1. The van der Waals surface area contributed by atoms with Crippen molar-refractivity contribution >= 4 is 16.7 Å². The fourth-order valence-electron chi connectivity index (χ4n) is 4.76. The average Bonchev–Trinajstić information content (AvgIpc) is 2.81. The van der Waals surface area contributed by atoms with Crippen molar-refractivity contribution in [2.45, 2.75) is 45.1 Å². The van der Waals surface area contributed by atoms with E-state index in [1.54, 1.807) is 37.4 Å². The number of halogens is 3. The second-order valence-corrected chi connectivity index (χ2v) is 8.95. The van der Waals surface area contributed by atoms with Crippen LogP contribution in [0.2, 0.25) is 0 Å². The summed E-state index contributed by atoms with van der Waals surface area (Å²) in [5, 5.41) is 9.32. The molecule has 1 aliphatic heterocycles. The van der Waals surface area contributed by atoms with Gasteiger partial charge in [-0.2, -0.15) is 18.4 Å². The quantitative estimate of drug-likeness (QED) is 0.566. The van der Waals surface area contributed by atoms with Crippen molar-refractivity contribution in [1.29, 1.82) is 5.26 Å². The summed E-state index contributed by atoms with van der Waals surface area (Å²) in [6.07, 6.45) is -4.36. The molecule has 3 atom stereocenters. The van der Waals surface area contributed by atoms with Gasteiger partial charge < -0.3 is 9.47 Å². The van der Waals surface area contributed by atoms with Gasteiger partial charge in [0.2, 0.25) is 0 Å². The minimum absolute atomic E-state index is 0.0101. The monoisotopic (exact) mass is 469 g/mol. The van der Waals surface area contributed by atoms with Crippen LogP contribution in [-0.2, 0) is 13.2 Å². The summed E-state index contributed by atoms with van der Waals surface area (Å²) < 4.78 is 40.3. The Morgan fingerprint density at radius 2 is 1.76 bits per heavy atom. The molecular formula is C25H26F3N5O. The van der Waals surface area contributed by atoms with Crippen LogP contribution in [-0.4, -0.2) is 39.6 Å². The Labute approximate surface area is 195 Å². The summed E-state index contributed by atoms with van der Waals surface area (Å²) in [4.78, 5) is 21.5. The molecule has 0 aliphatic carbocycles. The number of pyridine rings is 2. The first kappa shape index (κ1) is 23.8. The van der Waals surface area contributed by atoms with Crippen molar-refractivity contribution in [3.05, 3.63) is 69.6 Å². The lowest BCUT2D eigenvalue weighted by molar-refractivity contribution is -0.137. The highest BCUT2D eigenvalue weighted by molar-refractivity contribution is 5.89. The maximum Gasteiger partial charge on any atom is 0.416 e. The van der Waals surface area contributed by atoms with Gasteiger partial charge in [-0.15, -0.1) is 0 Å². The lowest BCUT2D eigenvalue weighted by atomic mass is 9.99. The molecule has 3 heterocycles. The summed E-state index contributed by atoms with van der Waals surface area (Å²) in [5.74, 6) is 0. The topological polar surface area (TPSA) is 65.2 Å². The van der Waals surface area contributed by atoms with Gasteiger partial charge in [-0.3, -0.25) is 9.69 Å². The second-order valence-electron chi connectivity index (χ2n) is 8.95. The number of anilines is 1. The molecular weight excluding hydrogens is 443 g/mol. The minimum atomic E-state index is -4.36. The third-order valence-corrected chi connectivity index (χ3v) is 6.74. The Morgan fingerprint density at radius 3 is 2.38 bits per heavy atom. The van der Waals surface area contributed by atoms with E-state index in [-0.39, 0.29) is 29.4 Å². The van der Waals surface area contributed by atoms with Gasteiger partial charge in [0, 0.05) is 44.3 Å². The van der Waals surface area contributed by atoms with E-state index in [0.717, 1.165) is 17.7 Å². The van der Waals surface area contributed by atoms with Crippen LogP contribution in [0.25, 0.3) is 11.0 Å². The molecule has 9 heteroatoms. The standard InChI is InChI=1S/C25H26F3N5O/c1-15-14-33(22-11-23(34)31(4)21-10-9-20(12-29)30-24(21)22)16(2)13-32(15)17(3)18-5-7-19(8-6-18)25(26,27)28/h5-11,15-17H,13-14H2,1-4H3/t15-,16+,17?/m0/s1. The van der Waals surface area contributed by atoms with E-state index in [4.69, 9.17) is 0 Å². The first-order valence-corrected chi connectivity index (χ1v) is 11.1. The first-order chi connectivity index (χ1) is 16.0. The summed E-state index contributed by atoms with van der Waals surface area (Å²) >= 11 is 0. The minimum Gasteiger partial charge on any atom is -0.364 e. The van der Waals surface area contributed by atoms with Crippen LogP contribution < -0.4 is 10.5 Å². The largest absolute Gasteiger partial charge is 0.416 e. The number of rotatable bonds is 3. The summed E-state index contributed by atoms with van der Waals surface area (Å²) in [6, 6.07) is 12.3. The fraction of sp³-hybridized carbons (Fsp3) is 0.400. The van der Waals surface area contributed by atoms with Crippen LogP contribution >= 0.6 is 0 Å². The first-order valence-electron chi connectivity index (χ1n) is 11.1. The van der Waals surface area contributed by atoms with Crippen molar-refractivity contribution in [2.75, 3.05) is 18.0 Å². The van der Waals surface area contributed by atoms with Crippen LogP contribution in [0.5, 0.6) is 0 Å². The van der Waals surface area contributed by atoms with Crippen LogP contribution in [0.15, 0.2) is 47.3 Å². The second kappa shape index (κ2) is 8.76. The number of aryl methyl sites for hydroxylation is 1. The Hall–Kier alpha value is -3.38. The molecule has 3 aromatic rings. The van der Waals surface area contributed by atoms with Gasteiger partial charge in [0.25, 0.3) is 5.56 Å². The normalized spacial score (nSPS) is 20.4. The molecule has 1 saturated heterocycles.